The number of carbonyl (C=O) groups is 3. The van der Waals surface area contributed by atoms with E-state index in [4.69, 9.17) is 10.5 Å². The van der Waals surface area contributed by atoms with Crippen LogP contribution < -0.4 is 16.4 Å². The van der Waals surface area contributed by atoms with Gasteiger partial charge in [-0.1, -0.05) is 51.1 Å². The van der Waals surface area contributed by atoms with Gasteiger partial charge in [0.05, 0.1) is 6.42 Å². The monoisotopic (exact) mass is 349 g/mol. The van der Waals surface area contributed by atoms with E-state index in [9.17, 15) is 14.4 Å². The quantitative estimate of drug-likeness (QED) is 0.628. The normalized spacial score (nSPS) is 13.5. The number of hydrogen-bond acceptors (Lipinski definition) is 5. The van der Waals surface area contributed by atoms with Gasteiger partial charge in [0.15, 0.2) is 0 Å². The van der Waals surface area contributed by atoms with Crippen LogP contribution in [-0.4, -0.2) is 36.9 Å². The molecule has 25 heavy (non-hydrogen) atoms. The smallest absolute Gasteiger partial charge is 0.323 e. The number of benzene rings is 1. The van der Waals surface area contributed by atoms with Gasteiger partial charge < -0.3 is 21.1 Å². The second-order valence-corrected chi connectivity index (χ2v) is 6.88. The average Bonchev–Trinajstić information content (AvgIpc) is 2.56. The number of amides is 2. The molecular weight excluding hydrogens is 322 g/mol. The zero-order chi connectivity index (χ0) is 19.0. The first-order chi connectivity index (χ1) is 11.6. The van der Waals surface area contributed by atoms with Gasteiger partial charge in [0.25, 0.3) is 0 Å². The maximum atomic E-state index is 12.1. The zero-order valence-electron chi connectivity index (χ0n) is 15.2. The van der Waals surface area contributed by atoms with Crippen molar-refractivity contribution in [3.63, 3.8) is 0 Å². The van der Waals surface area contributed by atoms with E-state index in [1.165, 1.54) is 7.05 Å². The molecule has 2 amide bonds. The van der Waals surface area contributed by atoms with Gasteiger partial charge in [0.1, 0.15) is 18.7 Å². The molecule has 2 atom stereocenters. The Balaban J connectivity index is 2.54. The van der Waals surface area contributed by atoms with E-state index >= 15 is 0 Å². The molecule has 7 heteroatoms. The summed E-state index contributed by atoms with van der Waals surface area (Å²) in [4.78, 5) is 36.0. The van der Waals surface area contributed by atoms with Gasteiger partial charge in [-0.05, 0) is 11.0 Å². The van der Waals surface area contributed by atoms with Crippen molar-refractivity contribution in [2.45, 2.75) is 45.9 Å². The fourth-order valence-corrected chi connectivity index (χ4v) is 2.16. The van der Waals surface area contributed by atoms with Gasteiger partial charge in [0.2, 0.25) is 11.8 Å². The molecule has 0 fully saturated rings. The number of esters is 1. The average molecular weight is 349 g/mol. The van der Waals surface area contributed by atoms with E-state index in [0.717, 1.165) is 5.56 Å². The number of rotatable bonds is 7. The third-order valence-corrected chi connectivity index (χ3v) is 3.61. The summed E-state index contributed by atoms with van der Waals surface area (Å²) < 4.78 is 5.11. The van der Waals surface area contributed by atoms with Crippen LogP contribution in [0.5, 0.6) is 0 Å². The molecule has 138 valence electrons. The molecular formula is C18H27N3O4. The Labute approximate surface area is 148 Å². The number of carbonyl (C=O) groups excluding carboxylic acids is 3. The summed E-state index contributed by atoms with van der Waals surface area (Å²) in [7, 11) is 1.50. The summed E-state index contributed by atoms with van der Waals surface area (Å²) in [5.74, 6) is -1.44. The van der Waals surface area contributed by atoms with Crippen molar-refractivity contribution in [2.75, 3.05) is 7.05 Å². The Hall–Kier alpha value is -2.41. The molecule has 4 N–H and O–H groups in total. The third kappa shape index (κ3) is 6.93. The Morgan fingerprint density at radius 1 is 1.16 bits per heavy atom. The fraction of sp³-hybridized carbons (Fsp3) is 0.500. The van der Waals surface area contributed by atoms with Gasteiger partial charge in [-0.2, -0.15) is 0 Å². The molecule has 0 aliphatic carbocycles. The lowest BCUT2D eigenvalue weighted by atomic mass is 9.86. The van der Waals surface area contributed by atoms with Crippen LogP contribution in [-0.2, 0) is 25.7 Å². The standard InChI is InChI=1S/C18H27N3O4/c1-18(2,3)15(16(23)20-4)21-14(22)10-13(19)17(24)25-11-12-8-6-5-7-9-12/h5-9,13,15H,10-11,19H2,1-4H3,(H,20,23)(H,21,22)/t13-,15?/m1/s1. The van der Waals surface area contributed by atoms with Gasteiger partial charge in [-0.15, -0.1) is 0 Å². The second kappa shape index (κ2) is 9.17. The highest BCUT2D eigenvalue weighted by atomic mass is 16.5. The SMILES string of the molecule is CNC(=O)C(NC(=O)C[C@@H](N)C(=O)OCc1ccccc1)C(C)(C)C. The van der Waals surface area contributed by atoms with Crippen LogP contribution in [0.15, 0.2) is 30.3 Å². The number of likely N-dealkylation sites (N-methyl/N-ethyl adjacent to an activating group) is 1. The maximum absolute atomic E-state index is 12.1. The molecule has 1 unspecified atom stereocenters. The Morgan fingerprint density at radius 3 is 2.28 bits per heavy atom. The van der Waals surface area contributed by atoms with Crippen molar-refractivity contribution in [1.29, 1.82) is 0 Å². The van der Waals surface area contributed by atoms with Crippen molar-refractivity contribution < 1.29 is 19.1 Å². The van der Waals surface area contributed by atoms with E-state index in [1.807, 2.05) is 51.1 Å². The minimum Gasteiger partial charge on any atom is -0.460 e. The van der Waals surface area contributed by atoms with Gasteiger partial charge in [0, 0.05) is 7.05 Å². The van der Waals surface area contributed by atoms with Crippen molar-refractivity contribution in [3.8, 4) is 0 Å². The van der Waals surface area contributed by atoms with E-state index in [0.29, 0.717) is 0 Å². The molecule has 0 bridgehead atoms. The molecule has 1 aromatic rings. The number of ether oxygens (including phenoxy) is 1. The summed E-state index contributed by atoms with van der Waals surface area (Å²) in [6.07, 6.45) is -0.253. The molecule has 7 nitrogen and oxygen atoms in total. The topological polar surface area (TPSA) is 111 Å². The molecule has 0 aliphatic rings. The number of nitrogens with one attached hydrogen (secondary N) is 2. The highest BCUT2D eigenvalue weighted by molar-refractivity contribution is 5.90. The van der Waals surface area contributed by atoms with Crippen molar-refractivity contribution in [3.05, 3.63) is 35.9 Å². The molecule has 0 saturated carbocycles. The summed E-state index contributed by atoms with van der Waals surface area (Å²) in [6.45, 7) is 5.60. The fourth-order valence-electron chi connectivity index (χ4n) is 2.16. The molecule has 0 heterocycles. The van der Waals surface area contributed by atoms with Crippen LogP contribution in [0.2, 0.25) is 0 Å². The van der Waals surface area contributed by atoms with Crippen molar-refractivity contribution >= 4 is 17.8 Å². The molecule has 0 radical (unpaired) electrons. The molecule has 1 aromatic carbocycles. The molecule has 0 aliphatic heterocycles. The third-order valence-electron chi connectivity index (χ3n) is 3.61. The van der Waals surface area contributed by atoms with E-state index in [-0.39, 0.29) is 18.9 Å². The highest BCUT2D eigenvalue weighted by Gasteiger charge is 2.32. The maximum Gasteiger partial charge on any atom is 0.323 e. The van der Waals surface area contributed by atoms with Crippen LogP contribution in [0.4, 0.5) is 0 Å². The van der Waals surface area contributed by atoms with Crippen LogP contribution in [0.25, 0.3) is 0 Å². The number of nitrogens with two attached hydrogens (primary N) is 1. The minimum absolute atomic E-state index is 0.0951. The minimum atomic E-state index is -1.09. The molecule has 1 rings (SSSR count). The van der Waals surface area contributed by atoms with Gasteiger partial charge >= 0.3 is 5.97 Å². The van der Waals surface area contributed by atoms with Gasteiger partial charge in [-0.25, -0.2) is 0 Å². The van der Waals surface area contributed by atoms with E-state index < -0.39 is 29.4 Å². The van der Waals surface area contributed by atoms with Crippen LogP contribution >= 0.6 is 0 Å². The highest BCUT2D eigenvalue weighted by Crippen LogP contribution is 2.19. The summed E-state index contributed by atoms with van der Waals surface area (Å²) in [5.41, 5.74) is 6.09. The summed E-state index contributed by atoms with van der Waals surface area (Å²) in [5, 5.41) is 5.14. The Morgan fingerprint density at radius 2 is 1.76 bits per heavy atom. The summed E-state index contributed by atoms with van der Waals surface area (Å²) in [6, 6.07) is 7.36. The lowest BCUT2D eigenvalue weighted by Crippen LogP contribution is -2.54. The first-order valence-corrected chi connectivity index (χ1v) is 8.12. The molecule has 0 aromatic heterocycles. The van der Waals surface area contributed by atoms with E-state index in [2.05, 4.69) is 10.6 Å². The second-order valence-electron chi connectivity index (χ2n) is 6.88. The van der Waals surface area contributed by atoms with Gasteiger partial charge in [-0.3, -0.25) is 14.4 Å². The van der Waals surface area contributed by atoms with Crippen molar-refractivity contribution in [1.82, 2.24) is 10.6 Å². The zero-order valence-corrected chi connectivity index (χ0v) is 15.2. The largest absolute Gasteiger partial charge is 0.460 e. The lowest BCUT2D eigenvalue weighted by Gasteiger charge is -2.30. The first-order valence-electron chi connectivity index (χ1n) is 8.12. The van der Waals surface area contributed by atoms with E-state index in [1.54, 1.807) is 0 Å². The lowest BCUT2D eigenvalue weighted by molar-refractivity contribution is -0.148. The Kier molecular flexibility index (Phi) is 7.57. The predicted octanol–water partition coefficient (Wildman–Crippen LogP) is 0.724. The first kappa shape index (κ1) is 20.6. The Bertz CT molecular complexity index is 596. The number of hydrogen-bond donors (Lipinski definition) is 3. The van der Waals surface area contributed by atoms with Crippen LogP contribution in [0, 0.1) is 5.41 Å². The summed E-state index contributed by atoms with van der Waals surface area (Å²) >= 11 is 0. The molecule has 0 spiro atoms. The molecule has 0 saturated heterocycles. The van der Waals surface area contributed by atoms with Crippen LogP contribution in [0.1, 0.15) is 32.8 Å². The van der Waals surface area contributed by atoms with Crippen molar-refractivity contribution in [2.24, 2.45) is 11.1 Å². The predicted molar refractivity (Wildman–Crippen MR) is 94.3 cm³/mol. The van der Waals surface area contributed by atoms with Crippen LogP contribution in [0.3, 0.4) is 0 Å².